The van der Waals surface area contributed by atoms with Crippen molar-refractivity contribution >= 4 is 22.4 Å². The number of aromatic hydroxyl groups is 2. The van der Waals surface area contributed by atoms with Crippen molar-refractivity contribution in [3.05, 3.63) is 31.9 Å². The molecule has 0 radical (unpaired) electrons. The fourth-order valence-corrected chi connectivity index (χ4v) is 2.09. The molecule has 2 aromatic rings. The van der Waals surface area contributed by atoms with Crippen molar-refractivity contribution in [3.8, 4) is 11.5 Å². The number of hydrogen-bond acceptors (Lipinski definition) is 5. The number of fused-ring (bicyclic) bond motifs is 1. The van der Waals surface area contributed by atoms with Crippen molar-refractivity contribution in [3.63, 3.8) is 0 Å². The molecule has 1 aromatic carbocycles. The van der Waals surface area contributed by atoms with Gasteiger partial charge in [0.05, 0.1) is 21.3 Å². The summed E-state index contributed by atoms with van der Waals surface area (Å²) in [4.78, 5) is 24.4. The Balaban J connectivity index is 3.05. The van der Waals surface area contributed by atoms with Gasteiger partial charge < -0.3 is 14.7 Å². The van der Waals surface area contributed by atoms with E-state index in [-0.39, 0.29) is 15.8 Å². The number of rotatable bonds is 2. The number of halogens is 1. The van der Waals surface area contributed by atoms with Crippen LogP contribution in [-0.4, -0.2) is 15.0 Å². The van der Waals surface area contributed by atoms with Gasteiger partial charge >= 0.3 is 5.63 Å². The van der Waals surface area contributed by atoms with Gasteiger partial charge in [-0.3, -0.25) is 4.79 Å². The van der Waals surface area contributed by atoms with Gasteiger partial charge in [-0.15, -0.1) is 0 Å². The zero-order chi connectivity index (χ0) is 15.2. The van der Waals surface area contributed by atoms with Gasteiger partial charge in [0.15, 0.2) is 11.5 Å². The van der Waals surface area contributed by atoms with Crippen LogP contribution in [0.1, 0.15) is 27.2 Å². The van der Waals surface area contributed by atoms with E-state index in [0.29, 0.717) is 6.42 Å². The third-order valence-electron chi connectivity index (χ3n) is 3.43. The van der Waals surface area contributed by atoms with Crippen LogP contribution in [0.15, 0.2) is 20.2 Å². The first kappa shape index (κ1) is 14.5. The highest BCUT2D eigenvalue weighted by atomic mass is 35.5. The highest BCUT2D eigenvalue weighted by Gasteiger charge is 2.26. The van der Waals surface area contributed by atoms with E-state index in [1.165, 1.54) is 0 Å². The van der Waals surface area contributed by atoms with Gasteiger partial charge in [-0.1, -0.05) is 18.5 Å². The Morgan fingerprint density at radius 1 is 1.35 bits per heavy atom. The first-order valence-electron chi connectivity index (χ1n) is 6.02. The molecule has 0 saturated heterocycles. The molecule has 0 saturated carbocycles. The van der Waals surface area contributed by atoms with Crippen molar-refractivity contribution in [1.29, 1.82) is 0 Å². The Kier molecular flexibility index (Phi) is 3.29. The van der Waals surface area contributed by atoms with Crippen molar-refractivity contribution in [2.75, 3.05) is 0 Å². The molecule has 0 bridgehead atoms. The molecule has 0 spiro atoms. The summed E-state index contributed by atoms with van der Waals surface area (Å²) in [5.41, 5.74) is -2.16. The Bertz CT molecular complexity index is 803. The van der Waals surface area contributed by atoms with Crippen LogP contribution in [0.5, 0.6) is 11.5 Å². The minimum atomic E-state index is -0.807. The average Bonchev–Trinajstić information content (AvgIpc) is 2.39. The fourth-order valence-electron chi connectivity index (χ4n) is 1.81. The van der Waals surface area contributed by atoms with Crippen LogP contribution in [0.4, 0.5) is 0 Å². The number of phenolic OH excluding ortho intramolecular Hbond substituents is 2. The van der Waals surface area contributed by atoms with Gasteiger partial charge in [0.2, 0.25) is 0 Å². The lowest BCUT2D eigenvalue weighted by molar-refractivity contribution is 0.117. The molecule has 0 fully saturated rings. The molecule has 0 unspecified atom stereocenters. The second kappa shape index (κ2) is 4.56. The van der Waals surface area contributed by atoms with Crippen LogP contribution in [0.3, 0.4) is 0 Å². The molecule has 108 valence electrons. The number of benzene rings is 1. The molecule has 20 heavy (non-hydrogen) atoms. The summed E-state index contributed by atoms with van der Waals surface area (Å²) in [6.45, 7) is 5.31. The Morgan fingerprint density at radius 2 is 1.95 bits per heavy atom. The molecule has 0 atom stereocenters. The maximum atomic E-state index is 12.4. The number of nitrogens with zero attached hydrogens (tertiary/aromatic N) is 1. The van der Waals surface area contributed by atoms with E-state index in [1.54, 1.807) is 13.8 Å². The number of hydrogen-bond donors (Lipinski definition) is 2. The van der Waals surface area contributed by atoms with Gasteiger partial charge in [-0.25, -0.2) is 4.79 Å². The monoisotopic (exact) mass is 299 g/mol. The first-order valence-corrected chi connectivity index (χ1v) is 6.39. The van der Waals surface area contributed by atoms with Gasteiger partial charge in [0.1, 0.15) is 0 Å². The average molecular weight is 300 g/mol. The summed E-state index contributed by atoms with van der Waals surface area (Å²) >= 11 is 5.87. The fraction of sp³-hybridized carbons (Fsp3) is 0.385. The molecule has 0 aliphatic carbocycles. The Hall–Kier alpha value is -1.95. The van der Waals surface area contributed by atoms with Crippen molar-refractivity contribution < 1.29 is 14.7 Å². The lowest BCUT2D eigenvalue weighted by Crippen LogP contribution is -2.38. The zero-order valence-corrected chi connectivity index (χ0v) is 12.0. The standard InChI is InChI=1S/C13H14ClNO5/c1-4-13(2,3)15-11(18)8-6(12(19)20-15)5-7(16)10(17)9(8)14/h5,16-17H,4H2,1-3H3. The minimum Gasteiger partial charge on any atom is -0.504 e. The number of aromatic nitrogens is 1. The van der Waals surface area contributed by atoms with Gasteiger partial charge in [-0.05, 0) is 26.3 Å². The van der Waals surface area contributed by atoms with Crippen LogP contribution in [-0.2, 0) is 5.54 Å². The maximum absolute atomic E-state index is 12.4. The summed E-state index contributed by atoms with van der Waals surface area (Å²) < 4.78 is 5.97. The summed E-state index contributed by atoms with van der Waals surface area (Å²) in [7, 11) is 0. The Labute approximate surface area is 118 Å². The number of phenols is 2. The highest BCUT2D eigenvalue weighted by Crippen LogP contribution is 2.37. The predicted molar refractivity (Wildman–Crippen MR) is 74.7 cm³/mol. The van der Waals surface area contributed by atoms with Crippen LogP contribution >= 0.6 is 11.6 Å². The molecular formula is C13H14ClNO5. The molecule has 7 heteroatoms. The van der Waals surface area contributed by atoms with Crippen molar-refractivity contribution in [1.82, 2.24) is 4.74 Å². The maximum Gasteiger partial charge on any atom is 0.364 e. The molecule has 2 rings (SSSR count). The normalized spacial score (nSPS) is 12.0. The van der Waals surface area contributed by atoms with Crippen LogP contribution < -0.4 is 11.2 Å². The quantitative estimate of drug-likeness (QED) is 0.829. The van der Waals surface area contributed by atoms with Gasteiger partial charge in [-0.2, -0.15) is 4.74 Å². The van der Waals surface area contributed by atoms with E-state index in [4.69, 9.17) is 16.1 Å². The Morgan fingerprint density at radius 3 is 2.50 bits per heavy atom. The summed E-state index contributed by atoms with van der Waals surface area (Å²) in [5, 5.41) is 18.4. The van der Waals surface area contributed by atoms with E-state index in [2.05, 4.69) is 0 Å². The lowest BCUT2D eigenvalue weighted by atomic mass is 10.0. The largest absolute Gasteiger partial charge is 0.504 e. The summed E-state index contributed by atoms with van der Waals surface area (Å²) in [5.74, 6) is -1.22. The van der Waals surface area contributed by atoms with E-state index < -0.39 is 28.2 Å². The molecule has 1 heterocycles. The lowest BCUT2D eigenvalue weighted by Gasteiger charge is -2.23. The molecule has 0 aliphatic rings. The van der Waals surface area contributed by atoms with E-state index >= 15 is 0 Å². The van der Waals surface area contributed by atoms with E-state index in [0.717, 1.165) is 10.8 Å². The molecule has 0 amide bonds. The first-order chi connectivity index (χ1) is 9.20. The molecule has 2 N–H and O–H groups in total. The second-order valence-corrected chi connectivity index (χ2v) is 5.50. The predicted octanol–water partition coefficient (Wildman–Crippen LogP) is 2.16. The molecule has 1 aromatic heterocycles. The summed E-state index contributed by atoms with van der Waals surface area (Å²) in [6, 6.07) is 0.965. The van der Waals surface area contributed by atoms with E-state index in [9.17, 15) is 19.8 Å². The van der Waals surface area contributed by atoms with Gasteiger partial charge in [0.25, 0.3) is 5.56 Å². The van der Waals surface area contributed by atoms with Crippen LogP contribution in [0.25, 0.3) is 10.8 Å². The minimum absolute atomic E-state index is 0.167. The van der Waals surface area contributed by atoms with E-state index in [1.807, 2.05) is 6.92 Å². The highest BCUT2D eigenvalue weighted by molar-refractivity contribution is 6.37. The topological polar surface area (TPSA) is 92.7 Å². The SMILES string of the molecule is CCC(C)(C)n1oc(=O)c2cc(O)c(O)c(Cl)c2c1=O. The molecule has 6 nitrogen and oxygen atoms in total. The van der Waals surface area contributed by atoms with Crippen molar-refractivity contribution in [2.24, 2.45) is 0 Å². The molecular weight excluding hydrogens is 286 g/mol. The smallest absolute Gasteiger partial charge is 0.364 e. The third-order valence-corrected chi connectivity index (χ3v) is 3.80. The summed E-state index contributed by atoms with van der Waals surface area (Å²) in [6.07, 6.45) is 0.545. The molecule has 0 aliphatic heterocycles. The third kappa shape index (κ3) is 1.96. The second-order valence-electron chi connectivity index (χ2n) is 5.13. The van der Waals surface area contributed by atoms with Gasteiger partial charge in [0, 0.05) is 0 Å². The van der Waals surface area contributed by atoms with Crippen LogP contribution in [0.2, 0.25) is 5.02 Å². The zero-order valence-electron chi connectivity index (χ0n) is 11.2. The van der Waals surface area contributed by atoms with Crippen LogP contribution in [0, 0.1) is 0 Å². The van der Waals surface area contributed by atoms with Crippen molar-refractivity contribution in [2.45, 2.75) is 32.7 Å².